The van der Waals surface area contributed by atoms with Crippen LogP contribution in [-0.4, -0.2) is 47.5 Å². The van der Waals surface area contributed by atoms with Crippen molar-refractivity contribution in [2.45, 2.75) is 38.7 Å². The highest BCUT2D eigenvalue weighted by Gasteiger charge is 2.33. The molecule has 1 aliphatic rings. The van der Waals surface area contributed by atoms with E-state index in [1.165, 1.54) is 24.3 Å². The predicted octanol–water partition coefficient (Wildman–Crippen LogP) is 4.34. The van der Waals surface area contributed by atoms with Crippen molar-refractivity contribution < 1.29 is 27.1 Å². The summed E-state index contributed by atoms with van der Waals surface area (Å²) < 4.78 is 56.9. The number of benzene rings is 2. The summed E-state index contributed by atoms with van der Waals surface area (Å²) in [5.74, 6) is -0.543. The van der Waals surface area contributed by atoms with Gasteiger partial charge in [0.05, 0.1) is 5.56 Å². The Kier molecular flexibility index (Phi) is 6.65. The highest BCUT2D eigenvalue weighted by molar-refractivity contribution is 5.78. The van der Waals surface area contributed by atoms with E-state index in [-0.39, 0.29) is 36.2 Å². The summed E-state index contributed by atoms with van der Waals surface area (Å²) in [7, 11) is 0. The molecule has 0 aromatic heterocycles. The van der Waals surface area contributed by atoms with Gasteiger partial charge in [0.15, 0.2) is 6.61 Å². The maximum atomic E-state index is 13.1. The second-order valence-electron chi connectivity index (χ2n) is 7.61. The first-order valence-electron chi connectivity index (χ1n) is 9.71. The number of halogens is 4. The van der Waals surface area contributed by atoms with E-state index in [1.807, 2.05) is 13.8 Å². The molecule has 2 aromatic carbocycles. The number of hydrogen-bond donors (Lipinski definition) is 0. The van der Waals surface area contributed by atoms with Crippen LogP contribution in [0.3, 0.4) is 0 Å². The first-order chi connectivity index (χ1) is 14.1. The SMILES string of the molecule is C[C@@H]1CN(C(=O)COc2cccc(C(F)(F)F)c2)[C@@H](C)CN1Cc1ccc(F)cc1. The standard InChI is InChI=1S/C22H24F4N2O2/c1-15-12-28(16(2)11-27(15)13-17-6-8-19(23)9-7-17)21(29)14-30-20-5-3-4-18(10-20)22(24,25)26/h3-10,15-16H,11-14H2,1-2H3/t15-,16+/m1/s1. The van der Waals surface area contributed by atoms with E-state index in [0.29, 0.717) is 19.6 Å². The van der Waals surface area contributed by atoms with Crippen molar-refractivity contribution in [3.05, 3.63) is 65.5 Å². The monoisotopic (exact) mass is 424 g/mol. The fraction of sp³-hybridized carbons (Fsp3) is 0.409. The van der Waals surface area contributed by atoms with Gasteiger partial charge in [0.25, 0.3) is 5.91 Å². The first-order valence-corrected chi connectivity index (χ1v) is 9.71. The van der Waals surface area contributed by atoms with Crippen molar-refractivity contribution in [1.82, 2.24) is 9.80 Å². The molecule has 0 radical (unpaired) electrons. The van der Waals surface area contributed by atoms with E-state index in [9.17, 15) is 22.4 Å². The van der Waals surface area contributed by atoms with Crippen LogP contribution in [0, 0.1) is 5.82 Å². The van der Waals surface area contributed by atoms with Crippen LogP contribution in [-0.2, 0) is 17.5 Å². The second kappa shape index (κ2) is 9.04. The van der Waals surface area contributed by atoms with E-state index < -0.39 is 11.7 Å². The Labute approximate surface area is 173 Å². The zero-order chi connectivity index (χ0) is 21.9. The normalized spacial score (nSPS) is 20.3. The molecule has 0 aliphatic carbocycles. The average Bonchev–Trinajstić information content (AvgIpc) is 2.70. The van der Waals surface area contributed by atoms with Crippen LogP contribution in [0.1, 0.15) is 25.0 Å². The number of ether oxygens (including phenoxy) is 1. The van der Waals surface area contributed by atoms with Crippen LogP contribution in [0.25, 0.3) is 0 Å². The molecule has 0 bridgehead atoms. The van der Waals surface area contributed by atoms with Crippen molar-refractivity contribution >= 4 is 5.91 Å². The molecule has 30 heavy (non-hydrogen) atoms. The van der Waals surface area contributed by atoms with Gasteiger partial charge in [-0.15, -0.1) is 0 Å². The summed E-state index contributed by atoms with van der Waals surface area (Å²) in [6.07, 6.45) is -4.46. The van der Waals surface area contributed by atoms with Gasteiger partial charge in [-0.1, -0.05) is 18.2 Å². The molecule has 0 saturated carbocycles. The molecule has 2 aromatic rings. The quantitative estimate of drug-likeness (QED) is 0.670. The van der Waals surface area contributed by atoms with Crippen LogP contribution < -0.4 is 4.74 Å². The van der Waals surface area contributed by atoms with Crippen molar-refractivity contribution in [3.8, 4) is 5.75 Å². The third-order valence-corrected chi connectivity index (χ3v) is 5.26. The van der Waals surface area contributed by atoms with Gasteiger partial charge in [-0.2, -0.15) is 13.2 Å². The number of carbonyl (C=O) groups is 1. The highest BCUT2D eigenvalue weighted by Crippen LogP contribution is 2.31. The van der Waals surface area contributed by atoms with Crippen molar-refractivity contribution in [2.24, 2.45) is 0 Å². The number of carbonyl (C=O) groups excluding carboxylic acids is 1. The van der Waals surface area contributed by atoms with Gasteiger partial charge in [-0.3, -0.25) is 9.69 Å². The fourth-order valence-corrected chi connectivity index (χ4v) is 3.58. The summed E-state index contributed by atoms with van der Waals surface area (Å²) in [6.45, 7) is 5.36. The third-order valence-electron chi connectivity index (χ3n) is 5.26. The predicted molar refractivity (Wildman–Crippen MR) is 104 cm³/mol. The third kappa shape index (κ3) is 5.50. The van der Waals surface area contributed by atoms with Crippen molar-refractivity contribution in [2.75, 3.05) is 19.7 Å². The summed E-state index contributed by atoms with van der Waals surface area (Å²) in [6, 6.07) is 10.8. The van der Waals surface area contributed by atoms with Crippen LogP contribution >= 0.6 is 0 Å². The Balaban J connectivity index is 1.56. The lowest BCUT2D eigenvalue weighted by Crippen LogP contribution is -2.58. The van der Waals surface area contributed by atoms with Crippen LogP contribution in [0.2, 0.25) is 0 Å². The van der Waals surface area contributed by atoms with E-state index in [1.54, 1.807) is 17.0 Å². The van der Waals surface area contributed by atoms with Gasteiger partial charge in [0.2, 0.25) is 0 Å². The second-order valence-corrected chi connectivity index (χ2v) is 7.61. The van der Waals surface area contributed by atoms with Crippen LogP contribution in [0.5, 0.6) is 5.75 Å². The summed E-state index contributed by atoms with van der Waals surface area (Å²) in [4.78, 5) is 16.5. The molecule has 162 valence electrons. The Bertz CT molecular complexity index is 870. The molecule has 1 heterocycles. The molecular weight excluding hydrogens is 400 g/mol. The number of alkyl halides is 3. The molecule has 1 aliphatic heterocycles. The molecule has 0 unspecified atom stereocenters. The Hall–Kier alpha value is -2.61. The lowest BCUT2D eigenvalue weighted by Gasteiger charge is -2.44. The maximum Gasteiger partial charge on any atom is 0.416 e. The lowest BCUT2D eigenvalue weighted by atomic mass is 10.1. The summed E-state index contributed by atoms with van der Waals surface area (Å²) >= 11 is 0. The van der Waals surface area contributed by atoms with Crippen LogP contribution in [0.15, 0.2) is 48.5 Å². The maximum absolute atomic E-state index is 13.1. The molecule has 8 heteroatoms. The van der Waals surface area contributed by atoms with Gasteiger partial charge in [-0.05, 0) is 49.7 Å². The van der Waals surface area contributed by atoms with Gasteiger partial charge in [-0.25, -0.2) is 4.39 Å². The Morgan fingerprint density at radius 3 is 2.43 bits per heavy atom. The molecule has 1 saturated heterocycles. The zero-order valence-electron chi connectivity index (χ0n) is 16.8. The Morgan fingerprint density at radius 1 is 1.07 bits per heavy atom. The minimum atomic E-state index is -4.46. The smallest absolute Gasteiger partial charge is 0.416 e. The van der Waals surface area contributed by atoms with Crippen LogP contribution in [0.4, 0.5) is 17.6 Å². The summed E-state index contributed by atoms with van der Waals surface area (Å²) in [5, 5.41) is 0. The average molecular weight is 424 g/mol. The summed E-state index contributed by atoms with van der Waals surface area (Å²) in [5.41, 5.74) is 0.173. The molecule has 1 fully saturated rings. The van der Waals surface area contributed by atoms with Gasteiger partial charge < -0.3 is 9.64 Å². The molecule has 0 N–H and O–H groups in total. The molecule has 3 rings (SSSR count). The minimum Gasteiger partial charge on any atom is -0.484 e. The molecule has 2 atom stereocenters. The van der Waals surface area contributed by atoms with Crippen molar-refractivity contribution in [1.29, 1.82) is 0 Å². The number of nitrogens with zero attached hydrogens (tertiary/aromatic N) is 2. The molecule has 0 spiro atoms. The number of piperazine rings is 1. The van der Waals surface area contributed by atoms with Crippen molar-refractivity contribution in [3.63, 3.8) is 0 Å². The molecule has 1 amide bonds. The van der Waals surface area contributed by atoms with Gasteiger partial charge in [0, 0.05) is 31.7 Å². The first kappa shape index (κ1) is 22.1. The Morgan fingerprint density at radius 2 is 1.77 bits per heavy atom. The molecular formula is C22H24F4N2O2. The van der Waals surface area contributed by atoms with E-state index in [4.69, 9.17) is 4.74 Å². The molecule has 4 nitrogen and oxygen atoms in total. The van der Waals surface area contributed by atoms with E-state index >= 15 is 0 Å². The topological polar surface area (TPSA) is 32.8 Å². The highest BCUT2D eigenvalue weighted by atomic mass is 19.4. The number of rotatable bonds is 5. The largest absolute Gasteiger partial charge is 0.484 e. The lowest BCUT2D eigenvalue weighted by molar-refractivity contribution is -0.139. The van der Waals surface area contributed by atoms with E-state index in [0.717, 1.165) is 17.7 Å². The zero-order valence-corrected chi connectivity index (χ0v) is 16.8. The fourth-order valence-electron chi connectivity index (χ4n) is 3.58. The number of amides is 1. The van der Waals surface area contributed by atoms with Gasteiger partial charge >= 0.3 is 6.18 Å². The van der Waals surface area contributed by atoms with Gasteiger partial charge in [0.1, 0.15) is 11.6 Å². The minimum absolute atomic E-state index is 0.00817. The van der Waals surface area contributed by atoms with E-state index in [2.05, 4.69) is 4.90 Å². The number of hydrogen-bond acceptors (Lipinski definition) is 3.